The van der Waals surface area contributed by atoms with Crippen molar-refractivity contribution in [3.8, 4) is 0 Å². The van der Waals surface area contributed by atoms with Crippen LogP contribution in [-0.4, -0.2) is 12.5 Å². The molecule has 14 heavy (non-hydrogen) atoms. The second-order valence-electron chi connectivity index (χ2n) is 2.84. The van der Waals surface area contributed by atoms with Crippen LogP contribution in [0.1, 0.15) is 16.8 Å². The topological polar surface area (TPSA) is 29.1 Å². The van der Waals surface area contributed by atoms with Crippen molar-refractivity contribution in [2.75, 3.05) is 6.54 Å². The maximum atomic E-state index is 12.5. The van der Waals surface area contributed by atoms with E-state index in [2.05, 4.69) is 11.9 Å². The average molecular weight is 193 g/mol. The summed E-state index contributed by atoms with van der Waals surface area (Å²) in [6, 6.07) is 5.45. The molecule has 3 heteroatoms. The van der Waals surface area contributed by atoms with Gasteiger partial charge in [-0.05, 0) is 30.7 Å². The third kappa shape index (κ3) is 3.01. The quantitative estimate of drug-likeness (QED) is 0.576. The van der Waals surface area contributed by atoms with Gasteiger partial charge in [-0.2, -0.15) is 0 Å². The number of hydrogen-bond acceptors (Lipinski definition) is 1. The lowest BCUT2D eigenvalue weighted by Gasteiger charge is -2.02. The van der Waals surface area contributed by atoms with Crippen molar-refractivity contribution in [3.63, 3.8) is 0 Å². The summed E-state index contributed by atoms with van der Waals surface area (Å²) >= 11 is 0. The number of hydrogen-bond donors (Lipinski definition) is 1. The summed E-state index contributed by atoms with van der Waals surface area (Å²) in [7, 11) is 0. The molecular weight excluding hydrogens is 181 g/mol. The lowest BCUT2D eigenvalue weighted by Crippen LogP contribution is -2.23. The molecular formula is C11H12FNO. The van der Waals surface area contributed by atoms with Crippen molar-refractivity contribution < 1.29 is 9.18 Å². The van der Waals surface area contributed by atoms with Crippen molar-refractivity contribution in [1.29, 1.82) is 0 Å². The lowest BCUT2D eigenvalue weighted by molar-refractivity contribution is 0.0954. The molecule has 0 fully saturated rings. The first-order valence-electron chi connectivity index (χ1n) is 4.38. The van der Waals surface area contributed by atoms with Crippen LogP contribution >= 0.6 is 0 Å². The number of amides is 1. The zero-order valence-electron chi connectivity index (χ0n) is 7.79. The first kappa shape index (κ1) is 10.4. The van der Waals surface area contributed by atoms with Gasteiger partial charge in [0.05, 0.1) is 0 Å². The van der Waals surface area contributed by atoms with Crippen LogP contribution in [0.5, 0.6) is 0 Å². The SMILES string of the molecule is C=CCCNC(=O)c1ccc(F)cc1. The van der Waals surface area contributed by atoms with Gasteiger partial charge in [0.15, 0.2) is 0 Å². The molecule has 0 aromatic heterocycles. The van der Waals surface area contributed by atoms with Gasteiger partial charge < -0.3 is 5.32 Å². The zero-order chi connectivity index (χ0) is 10.4. The van der Waals surface area contributed by atoms with Crippen molar-refractivity contribution in [2.24, 2.45) is 0 Å². The second-order valence-corrected chi connectivity index (χ2v) is 2.84. The predicted molar refractivity (Wildman–Crippen MR) is 53.5 cm³/mol. The number of carbonyl (C=O) groups excluding carboxylic acids is 1. The molecule has 0 bridgehead atoms. The number of nitrogens with one attached hydrogen (secondary N) is 1. The molecule has 0 saturated carbocycles. The minimum Gasteiger partial charge on any atom is -0.352 e. The van der Waals surface area contributed by atoms with E-state index in [1.807, 2.05) is 0 Å². The molecule has 0 heterocycles. The highest BCUT2D eigenvalue weighted by molar-refractivity contribution is 5.94. The smallest absolute Gasteiger partial charge is 0.251 e. The highest BCUT2D eigenvalue weighted by atomic mass is 19.1. The Bertz CT molecular complexity index is 319. The number of benzene rings is 1. The summed E-state index contributed by atoms with van der Waals surface area (Å²) in [4.78, 5) is 11.4. The highest BCUT2D eigenvalue weighted by Gasteiger charge is 2.03. The Morgan fingerprint density at radius 2 is 2.07 bits per heavy atom. The van der Waals surface area contributed by atoms with Gasteiger partial charge in [-0.3, -0.25) is 4.79 Å². The Morgan fingerprint density at radius 3 is 2.64 bits per heavy atom. The maximum absolute atomic E-state index is 12.5. The van der Waals surface area contributed by atoms with E-state index in [1.54, 1.807) is 6.08 Å². The molecule has 0 aliphatic carbocycles. The van der Waals surface area contributed by atoms with Crippen molar-refractivity contribution in [1.82, 2.24) is 5.32 Å². The summed E-state index contributed by atoms with van der Waals surface area (Å²) in [6.07, 6.45) is 2.46. The minimum absolute atomic E-state index is 0.188. The molecule has 0 aliphatic heterocycles. The monoisotopic (exact) mass is 193 g/mol. The highest BCUT2D eigenvalue weighted by Crippen LogP contribution is 2.02. The molecule has 1 aromatic carbocycles. The van der Waals surface area contributed by atoms with Crippen LogP contribution in [0, 0.1) is 5.82 Å². The van der Waals surface area contributed by atoms with Crippen LogP contribution in [0.25, 0.3) is 0 Å². The van der Waals surface area contributed by atoms with Gasteiger partial charge in [0.1, 0.15) is 5.82 Å². The maximum Gasteiger partial charge on any atom is 0.251 e. The molecule has 0 spiro atoms. The largest absolute Gasteiger partial charge is 0.352 e. The normalized spacial score (nSPS) is 9.50. The van der Waals surface area contributed by atoms with E-state index >= 15 is 0 Å². The van der Waals surface area contributed by atoms with Gasteiger partial charge >= 0.3 is 0 Å². The number of halogens is 1. The van der Waals surface area contributed by atoms with Crippen LogP contribution in [0.2, 0.25) is 0 Å². The molecule has 0 radical (unpaired) electrons. The average Bonchev–Trinajstić information content (AvgIpc) is 2.19. The predicted octanol–water partition coefficient (Wildman–Crippen LogP) is 2.13. The lowest BCUT2D eigenvalue weighted by atomic mass is 10.2. The van der Waals surface area contributed by atoms with E-state index in [-0.39, 0.29) is 11.7 Å². The number of rotatable bonds is 4. The fraction of sp³-hybridized carbons (Fsp3) is 0.182. The summed E-state index contributed by atoms with van der Waals surface area (Å²) in [5, 5.41) is 2.69. The molecule has 0 atom stereocenters. The molecule has 2 nitrogen and oxygen atoms in total. The van der Waals surface area contributed by atoms with E-state index in [9.17, 15) is 9.18 Å². The van der Waals surface area contributed by atoms with Gasteiger partial charge in [-0.1, -0.05) is 6.08 Å². The Morgan fingerprint density at radius 1 is 1.43 bits per heavy atom. The third-order valence-electron chi connectivity index (χ3n) is 1.74. The second kappa shape index (κ2) is 5.17. The van der Waals surface area contributed by atoms with Gasteiger partial charge in [0.25, 0.3) is 5.91 Å². The van der Waals surface area contributed by atoms with Gasteiger partial charge in [0.2, 0.25) is 0 Å². The molecule has 0 unspecified atom stereocenters. The van der Waals surface area contributed by atoms with Gasteiger partial charge in [-0.25, -0.2) is 4.39 Å². The Balaban J connectivity index is 2.52. The molecule has 1 aromatic rings. The molecule has 74 valence electrons. The van der Waals surface area contributed by atoms with Crippen LogP contribution in [0.3, 0.4) is 0 Å². The fourth-order valence-corrected chi connectivity index (χ4v) is 0.991. The van der Waals surface area contributed by atoms with Crippen LogP contribution in [0.15, 0.2) is 36.9 Å². The Labute approximate surface area is 82.4 Å². The van der Waals surface area contributed by atoms with E-state index in [0.29, 0.717) is 12.1 Å². The van der Waals surface area contributed by atoms with Crippen LogP contribution < -0.4 is 5.32 Å². The number of carbonyl (C=O) groups is 1. The molecule has 0 saturated heterocycles. The van der Waals surface area contributed by atoms with Crippen molar-refractivity contribution >= 4 is 5.91 Å². The Kier molecular flexibility index (Phi) is 3.85. The van der Waals surface area contributed by atoms with E-state index < -0.39 is 0 Å². The van der Waals surface area contributed by atoms with E-state index in [1.165, 1.54) is 24.3 Å². The summed E-state index contributed by atoms with van der Waals surface area (Å²) in [6.45, 7) is 4.10. The van der Waals surface area contributed by atoms with E-state index in [4.69, 9.17) is 0 Å². The molecule has 1 amide bonds. The summed E-state index contributed by atoms with van der Waals surface area (Å²) < 4.78 is 12.5. The Hall–Kier alpha value is -1.64. The standard InChI is InChI=1S/C11H12FNO/c1-2-3-8-13-11(14)9-4-6-10(12)7-5-9/h2,4-7H,1,3,8H2,(H,13,14). The first-order chi connectivity index (χ1) is 6.74. The van der Waals surface area contributed by atoms with Crippen molar-refractivity contribution in [2.45, 2.75) is 6.42 Å². The van der Waals surface area contributed by atoms with Crippen LogP contribution in [0.4, 0.5) is 4.39 Å². The molecule has 0 aliphatic rings. The van der Waals surface area contributed by atoms with Crippen molar-refractivity contribution in [3.05, 3.63) is 48.3 Å². The van der Waals surface area contributed by atoms with Gasteiger partial charge in [-0.15, -0.1) is 6.58 Å². The minimum atomic E-state index is -0.340. The summed E-state index contributed by atoms with van der Waals surface area (Å²) in [5.41, 5.74) is 0.468. The molecule has 1 rings (SSSR count). The zero-order valence-corrected chi connectivity index (χ0v) is 7.79. The molecule has 1 N–H and O–H groups in total. The van der Waals surface area contributed by atoms with E-state index in [0.717, 1.165) is 6.42 Å². The van der Waals surface area contributed by atoms with Crippen LogP contribution in [-0.2, 0) is 0 Å². The first-order valence-corrected chi connectivity index (χ1v) is 4.38. The van der Waals surface area contributed by atoms with Gasteiger partial charge in [0, 0.05) is 12.1 Å². The third-order valence-corrected chi connectivity index (χ3v) is 1.74. The summed E-state index contributed by atoms with van der Waals surface area (Å²) in [5.74, 6) is -0.528. The fourth-order valence-electron chi connectivity index (χ4n) is 0.991.